The topological polar surface area (TPSA) is 141 Å². The molecule has 1 aliphatic heterocycles. The van der Waals surface area contributed by atoms with E-state index >= 15 is 0 Å². The van der Waals surface area contributed by atoms with E-state index in [2.05, 4.69) is 20.3 Å². The summed E-state index contributed by atoms with van der Waals surface area (Å²) in [6.45, 7) is 2.03. The summed E-state index contributed by atoms with van der Waals surface area (Å²) in [7, 11) is 0. The minimum atomic E-state index is -1.62. The Labute approximate surface area is 178 Å². The summed E-state index contributed by atoms with van der Waals surface area (Å²) in [4.78, 5) is 25.6. The Bertz CT molecular complexity index is 1050. The molecule has 32 heavy (non-hydrogen) atoms. The summed E-state index contributed by atoms with van der Waals surface area (Å²) in [5.74, 6) is -5.69. The second kappa shape index (κ2) is 9.66. The molecular weight excluding hydrogens is 437 g/mol. The van der Waals surface area contributed by atoms with Crippen molar-refractivity contribution in [2.75, 3.05) is 6.61 Å². The number of azide groups is 1. The van der Waals surface area contributed by atoms with Crippen LogP contribution in [0.25, 0.3) is 21.7 Å². The highest BCUT2D eigenvalue weighted by molar-refractivity contribution is 5.66. The molecular formula is C18H17F3N6O5. The number of benzene rings is 1. The molecule has 1 fully saturated rings. The van der Waals surface area contributed by atoms with Crippen LogP contribution in [0, 0.1) is 17.5 Å². The van der Waals surface area contributed by atoms with Gasteiger partial charge in [0.25, 0.3) is 0 Å². The van der Waals surface area contributed by atoms with E-state index in [1.165, 1.54) is 17.8 Å². The molecule has 1 aromatic heterocycles. The Morgan fingerprint density at radius 3 is 2.56 bits per heavy atom. The summed E-state index contributed by atoms with van der Waals surface area (Å²) in [5.41, 5.74) is 8.72. The molecule has 11 nitrogen and oxygen atoms in total. The SMILES string of the molecule is CC(=O)OC[C@H]1OC(N=[N+]=[N-])C[C@@H](n2cc(-c3cc(F)c(F)c(F)c3)nn2)[C@H]1OC(C)=O. The zero-order valence-corrected chi connectivity index (χ0v) is 16.8. The maximum atomic E-state index is 13.6. The molecule has 14 heteroatoms. The van der Waals surface area contributed by atoms with E-state index in [-0.39, 0.29) is 24.3 Å². The molecule has 2 aromatic rings. The fourth-order valence-electron chi connectivity index (χ4n) is 3.27. The van der Waals surface area contributed by atoms with Gasteiger partial charge < -0.3 is 14.2 Å². The van der Waals surface area contributed by atoms with Crippen LogP contribution in [-0.4, -0.2) is 52.0 Å². The number of aromatic nitrogens is 3. The van der Waals surface area contributed by atoms with Gasteiger partial charge in [-0.05, 0) is 17.7 Å². The molecule has 1 unspecified atom stereocenters. The van der Waals surface area contributed by atoms with E-state index in [4.69, 9.17) is 19.7 Å². The second-order valence-electron chi connectivity index (χ2n) is 6.85. The lowest BCUT2D eigenvalue weighted by Gasteiger charge is -2.39. The van der Waals surface area contributed by atoms with Crippen LogP contribution < -0.4 is 0 Å². The molecule has 0 radical (unpaired) electrons. The summed E-state index contributed by atoms with van der Waals surface area (Å²) in [6.07, 6.45) is -1.77. The van der Waals surface area contributed by atoms with Crippen LogP contribution in [0.4, 0.5) is 13.2 Å². The van der Waals surface area contributed by atoms with Crippen molar-refractivity contribution in [3.8, 4) is 11.3 Å². The van der Waals surface area contributed by atoms with E-state index in [0.717, 1.165) is 19.1 Å². The number of rotatable bonds is 6. The largest absolute Gasteiger partial charge is 0.463 e. The molecule has 1 saturated heterocycles. The van der Waals surface area contributed by atoms with E-state index in [0.29, 0.717) is 0 Å². The molecule has 170 valence electrons. The average molecular weight is 454 g/mol. The van der Waals surface area contributed by atoms with Gasteiger partial charge in [-0.25, -0.2) is 17.9 Å². The molecule has 3 rings (SSSR count). The molecule has 0 bridgehead atoms. The lowest BCUT2D eigenvalue weighted by molar-refractivity contribution is -0.191. The van der Waals surface area contributed by atoms with Gasteiger partial charge in [0.05, 0.1) is 12.2 Å². The van der Waals surface area contributed by atoms with Crippen molar-refractivity contribution in [2.24, 2.45) is 5.11 Å². The highest BCUT2D eigenvalue weighted by Gasteiger charge is 2.43. The lowest BCUT2D eigenvalue weighted by Crippen LogP contribution is -2.50. The van der Waals surface area contributed by atoms with Gasteiger partial charge in [-0.1, -0.05) is 10.3 Å². The van der Waals surface area contributed by atoms with Crippen LogP contribution in [0.5, 0.6) is 0 Å². The minimum absolute atomic E-state index is 0.00643. The predicted molar refractivity (Wildman–Crippen MR) is 99.0 cm³/mol. The van der Waals surface area contributed by atoms with Crippen molar-refractivity contribution in [3.05, 3.63) is 46.2 Å². The van der Waals surface area contributed by atoms with Gasteiger partial charge in [0.2, 0.25) is 0 Å². The first-order chi connectivity index (χ1) is 15.2. The highest BCUT2D eigenvalue weighted by atomic mass is 19.2. The summed E-state index contributed by atoms with van der Waals surface area (Å²) >= 11 is 0. The van der Waals surface area contributed by atoms with Crippen LogP contribution >= 0.6 is 0 Å². The lowest BCUT2D eigenvalue weighted by atomic mass is 9.98. The van der Waals surface area contributed by atoms with Gasteiger partial charge in [0, 0.05) is 30.7 Å². The fraction of sp³-hybridized carbons (Fsp3) is 0.444. The third kappa shape index (κ3) is 5.15. The van der Waals surface area contributed by atoms with E-state index in [1.807, 2.05) is 0 Å². The molecule has 2 heterocycles. The van der Waals surface area contributed by atoms with Crippen LogP contribution in [0.2, 0.25) is 0 Å². The molecule has 4 atom stereocenters. The number of halogens is 3. The molecule has 1 aromatic carbocycles. The Kier molecular flexibility index (Phi) is 6.95. The van der Waals surface area contributed by atoms with Crippen molar-refractivity contribution in [1.82, 2.24) is 15.0 Å². The van der Waals surface area contributed by atoms with Crippen molar-refractivity contribution < 1.29 is 37.0 Å². The highest BCUT2D eigenvalue weighted by Crippen LogP contribution is 2.33. The van der Waals surface area contributed by atoms with Crippen molar-refractivity contribution in [2.45, 2.75) is 44.7 Å². The number of carbonyl (C=O) groups is 2. The normalized spacial score (nSPS) is 22.7. The van der Waals surface area contributed by atoms with Crippen molar-refractivity contribution in [3.63, 3.8) is 0 Å². The van der Waals surface area contributed by atoms with Gasteiger partial charge in [-0.2, -0.15) is 0 Å². The van der Waals surface area contributed by atoms with Gasteiger partial charge in [-0.3, -0.25) is 9.59 Å². The first-order valence-electron chi connectivity index (χ1n) is 9.26. The smallest absolute Gasteiger partial charge is 0.303 e. The summed E-state index contributed by atoms with van der Waals surface area (Å²) in [6, 6.07) is 0.708. The Balaban J connectivity index is 1.97. The third-order valence-electron chi connectivity index (χ3n) is 4.58. The number of hydrogen-bond acceptors (Lipinski definition) is 8. The fourth-order valence-corrected chi connectivity index (χ4v) is 3.27. The predicted octanol–water partition coefficient (Wildman–Crippen LogP) is 2.82. The minimum Gasteiger partial charge on any atom is -0.463 e. The van der Waals surface area contributed by atoms with Crippen molar-refractivity contribution >= 4 is 11.9 Å². The number of ether oxygens (including phenoxy) is 3. The Morgan fingerprint density at radius 1 is 1.28 bits per heavy atom. The quantitative estimate of drug-likeness (QED) is 0.215. The standard InChI is InChI=1S/C18H17F3N6O5/c1-8(28)30-7-15-18(31-9(2)29)14(5-16(32-15)24-25-22)27-6-13(23-26-27)10-3-11(19)17(21)12(20)4-10/h3-4,6,14-16,18H,5,7H2,1-2H3/t14-,15-,16?,18-/m1/s1. The Morgan fingerprint density at radius 2 is 1.97 bits per heavy atom. The maximum absolute atomic E-state index is 13.6. The van der Waals surface area contributed by atoms with E-state index in [9.17, 15) is 22.8 Å². The summed E-state index contributed by atoms with van der Waals surface area (Å²) in [5, 5.41) is 11.3. The number of esters is 2. The van der Waals surface area contributed by atoms with Gasteiger partial charge in [-0.15, -0.1) is 5.10 Å². The molecule has 0 amide bonds. The maximum Gasteiger partial charge on any atom is 0.303 e. The zero-order chi connectivity index (χ0) is 23.4. The molecule has 0 aliphatic carbocycles. The van der Waals surface area contributed by atoms with Crippen molar-refractivity contribution in [1.29, 1.82) is 0 Å². The summed E-state index contributed by atoms with van der Waals surface area (Å²) < 4.78 is 57.6. The number of hydrogen-bond donors (Lipinski definition) is 0. The first kappa shape index (κ1) is 23.0. The average Bonchev–Trinajstić information content (AvgIpc) is 3.21. The van der Waals surface area contributed by atoms with Crippen LogP contribution in [-0.2, 0) is 23.8 Å². The van der Waals surface area contributed by atoms with Crippen LogP contribution in [0.1, 0.15) is 26.3 Å². The molecule has 0 N–H and O–H groups in total. The third-order valence-corrected chi connectivity index (χ3v) is 4.58. The van der Waals surface area contributed by atoms with E-state index in [1.54, 1.807) is 0 Å². The van der Waals surface area contributed by atoms with Crippen LogP contribution in [0.3, 0.4) is 0 Å². The number of nitrogens with zero attached hydrogens (tertiary/aromatic N) is 6. The first-order valence-corrected chi connectivity index (χ1v) is 9.26. The van der Waals surface area contributed by atoms with Crippen LogP contribution in [0.15, 0.2) is 23.4 Å². The van der Waals surface area contributed by atoms with Gasteiger partial charge in [0.15, 0.2) is 23.6 Å². The number of carbonyl (C=O) groups excluding carboxylic acids is 2. The monoisotopic (exact) mass is 454 g/mol. The molecule has 0 saturated carbocycles. The Hall–Kier alpha value is -3.64. The molecule has 0 spiro atoms. The van der Waals surface area contributed by atoms with Gasteiger partial charge >= 0.3 is 11.9 Å². The second-order valence-corrected chi connectivity index (χ2v) is 6.85. The van der Waals surface area contributed by atoms with E-state index < -0.39 is 53.9 Å². The van der Waals surface area contributed by atoms with Gasteiger partial charge in [0.1, 0.15) is 24.6 Å². The zero-order valence-electron chi connectivity index (χ0n) is 16.8. The molecule has 1 aliphatic rings.